The lowest BCUT2D eigenvalue weighted by Gasteiger charge is -2.21. The number of amides is 1. The van der Waals surface area contributed by atoms with Gasteiger partial charge in [0.15, 0.2) is 11.6 Å². The highest BCUT2D eigenvalue weighted by molar-refractivity contribution is 5.91. The molecule has 1 aliphatic carbocycles. The standard InChI is InChI=1S/C14H22N2O2/c1-10(2)14-16-12(9-18-14)13(17)15-8-11-6-4-3-5-7-11/h9-11H,3-8H2,1-2H3,(H,15,17). The van der Waals surface area contributed by atoms with Gasteiger partial charge < -0.3 is 9.73 Å². The summed E-state index contributed by atoms with van der Waals surface area (Å²) in [7, 11) is 0. The van der Waals surface area contributed by atoms with Gasteiger partial charge in [0.05, 0.1) is 0 Å². The number of nitrogens with one attached hydrogen (secondary N) is 1. The topological polar surface area (TPSA) is 55.1 Å². The summed E-state index contributed by atoms with van der Waals surface area (Å²) in [6.07, 6.45) is 7.84. The van der Waals surface area contributed by atoms with Crippen LogP contribution in [0, 0.1) is 5.92 Å². The zero-order chi connectivity index (χ0) is 13.0. The fraction of sp³-hybridized carbons (Fsp3) is 0.714. The molecule has 4 nitrogen and oxygen atoms in total. The number of nitrogens with zero attached hydrogens (tertiary/aromatic N) is 1. The van der Waals surface area contributed by atoms with Crippen LogP contribution in [0.15, 0.2) is 10.7 Å². The maximum absolute atomic E-state index is 11.9. The minimum Gasteiger partial charge on any atom is -0.448 e. The molecule has 1 fully saturated rings. The predicted molar refractivity (Wildman–Crippen MR) is 69.5 cm³/mol. The molecule has 1 N–H and O–H groups in total. The van der Waals surface area contributed by atoms with Gasteiger partial charge in [-0.2, -0.15) is 0 Å². The van der Waals surface area contributed by atoms with E-state index in [9.17, 15) is 4.79 Å². The number of carbonyl (C=O) groups excluding carboxylic acids is 1. The van der Waals surface area contributed by atoms with Gasteiger partial charge >= 0.3 is 0 Å². The Bertz CT molecular complexity index is 392. The second-order valence-corrected chi connectivity index (χ2v) is 5.44. The monoisotopic (exact) mass is 250 g/mol. The van der Waals surface area contributed by atoms with Gasteiger partial charge in [0.25, 0.3) is 5.91 Å². The summed E-state index contributed by atoms with van der Waals surface area (Å²) in [5.74, 6) is 1.36. The summed E-state index contributed by atoms with van der Waals surface area (Å²) < 4.78 is 5.27. The molecule has 0 aromatic carbocycles. The van der Waals surface area contributed by atoms with Crippen LogP contribution in [-0.2, 0) is 0 Å². The second kappa shape index (κ2) is 6.03. The van der Waals surface area contributed by atoms with Crippen LogP contribution in [0.5, 0.6) is 0 Å². The van der Waals surface area contributed by atoms with Crippen molar-refractivity contribution >= 4 is 5.91 Å². The van der Waals surface area contributed by atoms with Crippen LogP contribution in [0.1, 0.15) is 68.2 Å². The van der Waals surface area contributed by atoms with Gasteiger partial charge in [0, 0.05) is 12.5 Å². The molecule has 0 atom stereocenters. The summed E-state index contributed by atoms with van der Waals surface area (Å²) in [5, 5.41) is 2.96. The molecule has 100 valence electrons. The van der Waals surface area contributed by atoms with Crippen molar-refractivity contribution in [3.63, 3.8) is 0 Å². The third kappa shape index (κ3) is 3.34. The van der Waals surface area contributed by atoms with Crippen LogP contribution < -0.4 is 5.32 Å². The van der Waals surface area contributed by atoms with Gasteiger partial charge in [-0.1, -0.05) is 33.1 Å². The molecule has 0 spiro atoms. The van der Waals surface area contributed by atoms with Crippen LogP contribution in [0.3, 0.4) is 0 Å². The van der Waals surface area contributed by atoms with Gasteiger partial charge in [-0.3, -0.25) is 4.79 Å². The first-order valence-electron chi connectivity index (χ1n) is 6.90. The van der Waals surface area contributed by atoms with E-state index >= 15 is 0 Å². The summed E-state index contributed by atoms with van der Waals surface area (Å²) in [5.41, 5.74) is 0.398. The lowest BCUT2D eigenvalue weighted by Crippen LogP contribution is -2.30. The second-order valence-electron chi connectivity index (χ2n) is 5.44. The average Bonchev–Trinajstić information content (AvgIpc) is 2.87. The number of carbonyl (C=O) groups is 1. The maximum atomic E-state index is 11.9. The molecule has 1 saturated carbocycles. The molecule has 1 aliphatic rings. The Kier molecular flexibility index (Phi) is 4.39. The Morgan fingerprint density at radius 2 is 2.17 bits per heavy atom. The highest BCUT2D eigenvalue weighted by Crippen LogP contribution is 2.22. The molecule has 18 heavy (non-hydrogen) atoms. The van der Waals surface area contributed by atoms with Crippen molar-refractivity contribution in [3.05, 3.63) is 17.8 Å². The summed E-state index contributed by atoms with van der Waals surface area (Å²) >= 11 is 0. The van der Waals surface area contributed by atoms with E-state index in [0.29, 0.717) is 17.5 Å². The smallest absolute Gasteiger partial charge is 0.273 e. The number of hydrogen-bond acceptors (Lipinski definition) is 3. The van der Waals surface area contributed by atoms with Crippen LogP contribution in [-0.4, -0.2) is 17.4 Å². The molecule has 1 amide bonds. The van der Waals surface area contributed by atoms with E-state index in [4.69, 9.17) is 4.42 Å². The first kappa shape index (κ1) is 13.1. The normalized spacial score (nSPS) is 17.1. The number of aromatic nitrogens is 1. The van der Waals surface area contributed by atoms with Crippen LogP contribution in [0.2, 0.25) is 0 Å². The molecular formula is C14H22N2O2. The zero-order valence-corrected chi connectivity index (χ0v) is 11.2. The molecule has 0 saturated heterocycles. The van der Waals surface area contributed by atoms with E-state index < -0.39 is 0 Å². The number of oxazole rings is 1. The minimum atomic E-state index is -0.115. The first-order valence-corrected chi connectivity index (χ1v) is 6.90. The van der Waals surface area contributed by atoms with Crippen LogP contribution in [0.4, 0.5) is 0 Å². The van der Waals surface area contributed by atoms with Crippen molar-refractivity contribution in [1.82, 2.24) is 10.3 Å². The Hall–Kier alpha value is -1.32. The van der Waals surface area contributed by atoms with Crippen molar-refractivity contribution in [2.24, 2.45) is 5.92 Å². The predicted octanol–water partition coefficient (Wildman–Crippen LogP) is 3.11. The van der Waals surface area contributed by atoms with E-state index in [1.54, 1.807) is 0 Å². The third-order valence-corrected chi connectivity index (χ3v) is 3.52. The molecular weight excluding hydrogens is 228 g/mol. The van der Waals surface area contributed by atoms with E-state index in [-0.39, 0.29) is 11.8 Å². The lowest BCUT2D eigenvalue weighted by molar-refractivity contribution is 0.0938. The fourth-order valence-corrected chi connectivity index (χ4v) is 2.38. The third-order valence-electron chi connectivity index (χ3n) is 3.52. The fourth-order valence-electron chi connectivity index (χ4n) is 2.38. The van der Waals surface area contributed by atoms with Crippen molar-refractivity contribution in [2.75, 3.05) is 6.54 Å². The van der Waals surface area contributed by atoms with Gasteiger partial charge in [0.1, 0.15) is 6.26 Å². The number of rotatable bonds is 4. The summed E-state index contributed by atoms with van der Waals surface area (Å²) in [6.45, 7) is 4.76. The molecule has 0 unspecified atom stereocenters. The van der Waals surface area contributed by atoms with E-state index in [0.717, 1.165) is 6.54 Å². The molecule has 0 bridgehead atoms. The van der Waals surface area contributed by atoms with Crippen molar-refractivity contribution in [2.45, 2.75) is 51.9 Å². The van der Waals surface area contributed by atoms with Crippen molar-refractivity contribution in [1.29, 1.82) is 0 Å². The summed E-state index contributed by atoms with van der Waals surface area (Å²) in [4.78, 5) is 16.1. The molecule has 0 radical (unpaired) electrons. The average molecular weight is 250 g/mol. The molecule has 0 aliphatic heterocycles. The van der Waals surface area contributed by atoms with Crippen LogP contribution in [0.25, 0.3) is 0 Å². The largest absolute Gasteiger partial charge is 0.448 e. The zero-order valence-electron chi connectivity index (χ0n) is 11.2. The lowest BCUT2D eigenvalue weighted by atomic mass is 9.89. The Labute approximate surface area is 108 Å². The van der Waals surface area contributed by atoms with E-state index in [2.05, 4.69) is 10.3 Å². The van der Waals surface area contributed by atoms with Crippen molar-refractivity contribution in [3.8, 4) is 0 Å². The van der Waals surface area contributed by atoms with Gasteiger partial charge in [0.2, 0.25) is 0 Å². The SMILES string of the molecule is CC(C)c1nc(C(=O)NCC2CCCCC2)co1. The highest BCUT2D eigenvalue weighted by Gasteiger charge is 2.17. The van der Waals surface area contributed by atoms with Crippen LogP contribution >= 0.6 is 0 Å². The maximum Gasteiger partial charge on any atom is 0.273 e. The summed E-state index contributed by atoms with van der Waals surface area (Å²) in [6, 6.07) is 0. The van der Waals surface area contributed by atoms with Gasteiger partial charge in [-0.15, -0.1) is 0 Å². The van der Waals surface area contributed by atoms with Gasteiger partial charge in [-0.05, 0) is 18.8 Å². The molecule has 2 rings (SSSR count). The van der Waals surface area contributed by atoms with E-state index in [1.165, 1.54) is 38.4 Å². The van der Waals surface area contributed by atoms with E-state index in [1.807, 2.05) is 13.8 Å². The Morgan fingerprint density at radius 1 is 1.44 bits per heavy atom. The first-order chi connectivity index (χ1) is 8.66. The Morgan fingerprint density at radius 3 is 2.78 bits per heavy atom. The molecule has 1 aromatic rings. The molecule has 1 aromatic heterocycles. The highest BCUT2D eigenvalue weighted by atomic mass is 16.3. The number of hydrogen-bond donors (Lipinski definition) is 1. The quantitative estimate of drug-likeness (QED) is 0.893. The van der Waals surface area contributed by atoms with Gasteiger partial charge in [-0.25, -0.2) is 4.98 Å². The molecule has 1 heterocycles. The minimum absolute atomic E-state index is 0.115. The van der Waals surface area contributed by atoms with Crippen molar-refractivity contribution < 1.29 is 9.21 Å². The Balaban J connectivity index is 1.83. The molecule has 4 heteroatoms.